The molecular formula is C31H46O5. The minimum atomic E-state index is -0.478. The Bertz CT molecular complexity index is 1060. The molecule has 0 aromatic rings. The van der Waals surface area contributed by atoms with Crippen molar-refractivity contribution < 1.29 is 23.8 Å². The summed E-state index contributed by atoms with van der Waals surface area (Å²) >= 11 is 0. The second kappa shape index (κ2) is 6.86. The predicted molar refractivity (Wildman–Crippen MR) is 137 cm³/mol. The summed E-state index contributed by atoms with van der Waals surface area (Å²) < 4.78 is 19.0. The largest absolute Gasteiger partial charge is 0.469 e. The van der Waals surface area contributed by atoms with Crippen LogP contribution in [0.25, 0.3) is 0 Å². The van der Waals surface area contributed by atoms with Crippen LogP contribution in [0.1, 0.15) is 106 Å². The Hall–Kier alpha value is -1.20. The van der Waals surface area contributed by atoms with Gasteiger partial charge in [0, 0.05) is 23.2 Å². The van der Waals surface area contributed by atoms with Gasteiger partial charge in [0.2, 0.25) is 0 Å². The maximum Gasteiger partial charge on any atom is 0.312 e. The molecule has 0 bridgehead atoms. The number of esters is 1. The van der Waals surface area contributed by atoms with E-state index in [0.717, 1.165) is 51.4 Å². The molecule has 4 aliphatic carbocycles. The van der Waals surface area contributed by atoms with Crippen LogP contribution in [0, 0.1) is 33.5 Å². The number of ether oxygens (including phenoxy) is 3. The van der Waals surface area contributed by atoms with Gasteiger partial charge in [0.1, 0.15) is 17.0 Å². The lowest BCUT2D eigenvalue weighted by molar-refractivity contribution is -0.166. The Labute approximate surface area is 217 Å². The summed E-state index contributed by atoms with van der Waals surface area (Å²) in [5.41, 5.74) is -2.07. The summed E-state index contributed by atoms with van der Waals surface area (Å²) in [7, 11) is 1.54. The first-order valence-electron chi connectivity index (χ1n) is 14.3. The lowest BCUT2D eigenvalue weighted by Gasteiger charge is -2.55. The number of methoxy groups -OCH3 is 1. The van der Waals surface area contributed by atoms with Gasteiger partial charge in [-0.05, 0) is 76.5 Å². The lowest BCUT2D eigenvalue weighted by atomic mass is 9.46. The molecule has 0 aromatic heterocycles. The van der Waals surface area contributed by atoms with Crippen molar-refractivity contribution in [3.05, 3.63) is 12.2 Å². The first-order valence-corrected chi connectivity index (χ1v) is 14.3. The van der Waals surface area contributed by atoms with Gasteiger partial charge in [0.05, 0.1) is 23.7 Å². The topological polar surface area (TPSA) is 68.4 Å². The van der Waals surface area contributed by atoms with Crippen LogP contribution in [0.3, 0.4) is 0 Å². The van der Waals surface area contributed by atoms with Gasteiger partial charge in [-0.3, -0.25) is 9.59 Å². The monoisotopic (exact) mass is 498 g/mol. The fourth-order valence-corrected chi connectivity index (χ4v) is 10.2. The van der Waals surface area contributed by atoms with E-state index in [-0.39, 0.29) is 39.3 Å². The molecule has 0 aromatic carbocycles. The van der Waals surface area contributed by atoms with Crippen LogP contribution in [0.5, 0.6) is 0 Å². The fraction of sp³-hybridized carbons (Fsp3) is 0.871. The summed E-state index contributed by atoms with van der Waals surface area (Å²) in [6.45, 7) is 15.8. The van der Waals surface area contributed by atoms with Crippen LogP contribution in [-0.2, 0) is 23.8 Å². The maximum absolute atomic E-state index is 13.4. The molecule has 2 aliphatic heterocycles. The lowest BCUT2D eigenvalue weighted by Crippen LogP contribution is -2.58. The molecule has 2 saturated heterocycles. The summed E-state index contributed by atoms with van der Waals surface area (Å²) in [5, 5.41) is 0. The Morgan fingerprint density at radius 2 is 1.56 bits per heavy atom. The van der Waals surface area contributed by atoms with Crippen molar-refractivity contribution in [3.8, 4) is 0 Å². The molecule has 4 saturated carbocycles. The van der Waals surface area contributed by atoms with E-state index in [9.17, 15) is 9.59 Å². The van der Waals surface area contributed by atoms with E-state index < -0.39 is 16.6 Å². The maximum atomic E-state index is 13.4. The minimum Gasteiger partial charge on any atom is -0.469 e. The SMILES string of the molecule is COC(=O)[C@]12CCC(C)(C)C[C@H]1[C@@]1(/C=C\[C@@]34O[C@]3(C)CCC3C(C)(C)C(=O)CC[C@@]34C)O[C@@]1(C)CC2. The van der Waals surface area contributed by atoms with Gasteiger partial charge in [-0.1, -0.05) is 46.8 Å². The summed E-state index contributed by atoms with van der Waals surface area (Å²) in [5.74, 6) is 0.722. The zero-order valence-electron chi connectivity index (χ0n) is 23.7. The van der Waals surface area contributed by atoms with Gasteiger partial charge < -0.3 is 14.2 Å². The smallest absolute Gasteiger partial charge is 0.312 e. The average Bonchev–Trinajstić information content (AvgIpc) is 3.65. The number of carbonyl (C=O) groups excluding carboxylic acids is 2. The molecule has 2 heterocycles. The van der Waals surface area contributed by atoms with Gasteiger partial charge in [0.15, 0.2) is 0 Å². The molecule has 0 spiro atoms. The van der Waals surface area contributed by atoms with Crippen molar-refractivity contribution >= 4 is 11.8 Å². The van der Waals surface area contributed by atoms with Crippen molar-refractivity contribution in [2.24, 2.45) is 33.5 Å². The van der Waals surface area contributed by atoms with Gasteiger partial charge >= 0.3 is 5.97 Å². The van der Waals surface area contributed by atoms with E-state index in [4.69, 9.17) is 14.2 Å². The van der Waals surface area contributed by atoms with E-state index in [0.29, 0.717) is 18.1 Å². The molecule has 0 N–H and O–H groups in total. The second-order valence-electron chi connectivity index (χ2n) is 15.3. The highest BCUT2D eigenvalue weighted by Crippen LogP contribution is 2.75. The summed E-state index contributed by atoms with van der Waals surface area (Å²) in [6.07, 6.45) is 12.7. The van der Waals surface area contributed by atoms with Crippen molar-refractivity contribution in [3.63, 3.8) is 0 Å². The van der Waals surface area contributed by atoms with E-state index in [1.807, 2.05) is 0 Å². The number of rotatable bonds is 3. The van der Waals surface area contributed by atoms with Gasteiger partial charge in [-0.2, -0.15) is 0 Å². The van der Waals surface area contributed by atoms with Gasteiger partial charge in [0.25, 0.3) is 0 Å². The first-order chi connectivity index (χ1) is 16.6. The number of hydrogen-bond acceptors (Lipinski definition) is 5. The van der Waals surface area contributed by atoms with Crippen LogP contribution in [-0.4, -0.2) is 41.3 Å². The van der Waals surface area contributed by atoms with E-state index >= 15 is 0 Å². The van der Waals surface area contributed by atoms with Crippen molar-refractivity contribution in [2.45, 2.75) is 129 Å². The Morgan fingerprint density at radius 1 is 0.861 bits per heavy atom. The third kappa shape index (κ3) is 2.75. The molecular weight excluding hydrogens is 452 g/mol. The Morgan fingerprint density at radius 3 is 2.25 bits per heavy atom. The van der Waals surface area contributed by atoms with Crippen LogP contribution in [0.15, 0.2) is 12.2 Å². The molecule has 0 amide bonds. The Balaban J connectivity index is 1.42. The number of ketones is 1. The number of fused-ring (bicyclic) bond motifs is 6. The molecule has 8 atom stereocenters. The Kier molecular flexibility index (Phi) is 4.78. The molecule has 6 aliphatic rings. The third-order valence-electron chi connectivity index (χ3n) is 12.7. The van der Waals surface area contributed by atoms with E-state index in [2.05, 4.69) is 60.6 Å². The number of hydrogen-bond donors (Lipinski definition) is 0. The van der Waals surface area contributed by atoms with E-state index in [1.54, 1.807) is 0 Å². The molecule has 6 fully saturated rings. The quantitative estimate of drug-likeness (QED) is 0.264. The average molecular weight is 499 g/mol. The number of epoxide rings is 2. The third-order valence-corrected chi connectivity index (χ3v) is 12.7. The predicted octanol–water partition coefficient (Wildman–Crippen LogP) is 6.18. The molecule has 5 nitrogen and oxygen atoms in total. The highest BCUT2D eigenvalue weighted by atomic mass is 16.6. The van der Waals surface area contributed by atoms with Gasteiger partial charge in [-0.15, -0.1) is 0 Å². The molecule has 36 heavy (non-hydrogen) atoms. The zero-order chi connectivity index (χ0) is 26.2. The highest BCUT2D eigenvalue weighted by molar-refractivity contribution is 5.85. The summed E-state index contributed by atoms with van der Waals surface area (Å²) in [4.78, 5) is 26.3. The molecule has 1 unspecified atom stereocenters. The molecule has 6 rings (SSSR count). The molecule has 5 heteroatoms. The molecule has 200 valence electrons. The van der Waals surface area contributed by atoms with Crippen LogP contribution in [0.4, 0.5) is 0 Å². The normalized spacial score (nSPS) is 54.1. The van der Waals surface area contributed by atoms with E-state index in [1.165, 1.54) is 7.11 Å². The number of carbonyl (C=O) groups is 2. The number of Topliss-reactive ketones (excluding diaryl/α,β-unsaturated/α-hetero) is 1. The van der Waals surface area contributed by atoms with Crippen LogP contribution < -0.4 is 0 Å². The fourth-order valence-electron chi connectivity index (χ4n) is 10.2. The van der Waals surface area contributed by atoms with Crippen molar-refractivity contribution in [1.82, 2.24) is 0 Å². The minimum absolute atomic E-state index is 0.0590. The zero-order valence-corrected chi connectivity index (χ0v) is 23.7. The van der Waals surface area contributed by atoms with Gasteiger partial charge in [-0.25, -0.2) is 0 Å². The summed E-state index contributed by atoms with van der Waals surface area (Å²) in [6, 6.07) is 0. The van der Waals surface area contributed by atoms with Crippen LogP contribution in [0.2, 0.25) is 0 Å². The first kappa shape index (κ1) is 25.1. The second-order valence-corrected chi connectivity index (χ2v) is 15.3. The highest BCUT2D eigenvalue weighted by Gasteiger charge is 2.81. The van der Waals surface area contributed by atoms with Crippen molar-refractivity contribution in [1.29, 1.82) is 0 Å². The van der Waals surface area contributed by atoms with Crippen LogP contribution >= 0.6 is 0 Å². The molecule has 0 radical (unpaired) electrons. The standard InChI is InChI=1S/C31H46O5/c1-24(2)13-15-29(23(33)34-8)16-14-27(6)30(35-27,21(29)19-24)17-18-31-26(5)11-10-22(32)25(3,4)20(26)9-12-28(31,7)36-31/h17-18,20-21H,9-16,19H2,1-8H3/b18-17-/t20?,21-,26+,27+,28-,29+,30-,31+/m1/s1. The van der Waals surface area contributed by atoms with Crippen molar-refractivity contribution in [2.75, 3.05) is 7.11 Å².